The van der Waals surface area contributed by atoms with Gasteiger partial charge in [0.1, 0.15) is 12.4 Å². The van der Waals surface area contributed by atoms with Crippen LogP contribution in [-0.2, 0) is 6.61 Å². The fraction of sp³-hybridized carbons (Fsp3) is 0.0476. The summed E-state index contributed by atoms with van der Waals surface area (Å²) in [6.07, 6.45) is 1.42. The molecule has 0 atom stereocenters. The third-order valence-corrected chi connectivity index (χ3v) is 4.19. The van der Waals surface area contributed by atoms with Gasteiger partial charge in [0.2, 0.25) is 0 Å². The van der Waals surface area contributed by atoms with Crippen LogP contribution < -0.4 is 10.2 Å². The summed E-state index contributed by atoms with van der Waals surface area (Å²) in [5.74, 6) is -0.0211. The average Bonchev–Trinajstić information content (AvgIpc) is 2.74. The van der Waals surface area contributed by atoms with Crippen LogP contribution in [0, 0.1) is 10.1 Å². The summed E-state index contributed by atoms with van der Waals surface area (Å²) in [6.45, 7) is 0.396. The van der Waals surface area contributed by atoms with Crippen LogP contribution in [0.2, 0.25) is 5.02 Å². The number of nitro groups is 1. The van der Waals surface area contributed by atoms with Crippen molar-refractivity contribution in [2.24, 2.45) is 5.10 Å². The molecular weight excluding hydrogens is 394 g/mol. The van der Waals surface area contributed by atoms with E-state index < -0.39 is 10.8 Å². The van der Waals surface area contributed by atoms with Gasteiger partial charge in [-0.3, -0.25) is 14.9 Å². The average molecular weight is 410 g/mol. The minimum atomic E-state index is -0.566. The molecule has 0 unspecified atom stereocenters. The van der Waals surface area contributed by atoms with E-state index in [4.69, 9.17) is 16.3 Å². The number of nitrogens with zero attached hydrogens (tertiary/aromatic N) is 2. The van der Waals surface area contributed by atoms with Crippen molar-refractivity contribution in [2.45, 2.75) is 6.61 Å². The summed E-state index contributed by atoms with van der Waals surface area (Å²) in [5.41, 5.74) is 3.98. The highest BCUT2D eigenvalue weighted by Gasteiger charge is 2.10. The molecular formula is C21H16ClN3O4. The molecule has 0 aromatic heterocycles. The van der Waals surface area contributed by atoms with Crippen molar-refractivity contribution in [1.29, 1.82) is 0 Å². The number of hydrazone groups is 1. The maximum atomic E-state index is 12.1. The molecule has 7 nitrogen and oxygen atoms in total. The first-order chi connectivity index (χ1) is 14.0. The Morgan fingerprint density at radius 1 is 1.10 bits per heavy atom. The molecule has 0 heterocycles. The van der Waals surface area contributed by atoms with E-state index in [1.54, 1.807) is 18.2 Å². The quantitative estimate of drug-likeness (QED) is 0.351. The Morgan fingerprint density at radius 3 is 2.62 bits per heavy atom. The summed E-state index contributed by atoms with van der Waals surface area (Å²) in [6, 6.07) is 20.2. The normalized spacial score (nSPS) is 10.7. The van der Waals surface area contributed by atoms with Crippen molar-refractivity contribution in [3.8, 4) is 5.75 Å². The van der Waals surface area contributed by atoms with Crippen LogP contribution in [0.15, 0.2) is 77.9 Å². The Bertz CT molecular complexity index is 1050. The molecule has 1 N–H and O–H groups in total. The van der Waals surface area contributed by atoms with E-state index in [1.807, 2.05) is 30.3 Å². The van der Waals surface area contributed by atoms with Crippen LogP contribution in [0.4, 0.5) is 5.69 Å². The standard InChI is InChI=1S/C21H16ClN3O4/c22-19-11-16(9-10-20(19)29-14-15-5-2-1-3-6-15)13-23-24-21(26)17-7-4-8-18(12-17)25(27)28/h1-13H,14H2,(H,24,26)/b23-13+. The molecule has 0 saturated carbocycles. The van der Waals surface area contributed by atoms with Gasteiger partial charge in [0.25, 0.3) is 11.6 Å². The van der Waals surface area contributed by atoms with Crippen molar-refractivity contribution in [3.63, 3.8) is 0 Å². The van der Waals surface area contributed by atoms with Gasteiger partial charge in [-0.2, -0.15) is 5.10 Å². The lowest BCUT2D eigenvalue weighted by Crippen LogP contribution is -2.17. The first-order valence-corrected chi connectivity index (χ1v) is 8.95. The molecule has 0 radical (unpaired) electrons. The number of halogens is 1. The number of benzene rings is 3. The predicted molar refractivity (Wildman–Crippen MR) is 110 cm³/mol. The van der Waals surface area contributed by atoms with Gasteiger partial charge >= 0.3 is 0 Å². The van der Waals surface area contributed by atoms with Crippen LogP contribution >= 0.6 is 11.6 Å². The Morgan fingerprint density at radius 2 is 1.90 bits per heavy atom. The molecule has 3 rings (SSSR count). The highest BCUT2D eigenvalue weighted by Crippen LogP contribution is 2.25. The van der Waals surface area contributed by atoms with E-state index >= 15 is 0 Å². The second kappa shape index (κ2) is 9.48. The number of hydrogen-bond donors (Lipinski definition) is 1. The topological polar surface area (TPSA) is 93.8 Å². The number of nitro benzene ring substituents is 1. The number of ether oxygens (including phenoxy) is 1. The Kier molecular flexibility index (Phi) is 6.55. The Labute approximate surface area is 171 Å². The summed E-state index contributed by atoms with van der Waals surface area (Å²) in [7, 11) is 0. The van der Waals surface area contributed by atoms with Crippen LogP contribution in [-0.4, -0.2) is 17.0 Å². The Balaban J connectivity index is 1.59. The van der Waals surface area contributed by atoms with Gasteiger partial charge in [-0.1, -0.05) is 48.0 Å². The molecule has 146 valence electrons. The minimum Gasteiger partial charge on any atom is -0.487 e. The van der Waals surface area contributed by atoms with E-state index in [1.165, 1.54) is 30.5 Å². The number of carbonyl (C=O) groups excluding carboxylic acids is 1. The number of nitrogens with one attached hydrogen (secondary N) is 1. The number of amides is 1. The maximum Gasteiger partial charge on any atom is 0.271 e. The summed E-state index contributed by atoms with van der Waals surface area (Å²) < 4.78 is 5.71. The molecule has 0 fully saturated rings. The van der Waals surface area contributed by atoms with Crippen LogP contribution in [0.25, 0.3) is 0 Å². The van der Waals surface area contributed by atoms with Crippen molar-refractivity contribution >= 4 is 29.4 Å². The number of non-ortho nitro benzene ring substituents is 1. The van der Waals surface area contributed by atoms with Crippen molar-refractivity contribution in [3.05, 3.63) is 105 Å². The molecule has 0 aliphatic heterocycles. The first-order valence-electron chi connectivity index (χ1n) is 8.57. The molecule has 3 aromatic rings. The zero-order valence-electron chi connectivity index (χ0n) is 15.1. The highest BCUT2D eigenvalue weighted by molar-refractivity contribution is 6.32. The lowest BCUT2D eigenvalue weighted by atomic mass is 10.2. The summed E-state index contributed by atoms with van der Waals surface area (Å²) in [5, 5.41) is 15.1. The molecule has 0 bridgehead atoms. The number of hydrogen-bond acceptors (Lipinski definition) is 5. The van der Waals surface area contributed by atoms with Gasteiger partial charge in [-0.05, 0) is 35.4 Å². The van der Waals surface area contributed by atoms with E-state index in [9.17, 15) is 14.9 Å². The maximum absolute atomic E-state index is 12.1. The molecule has 29 heavy (non-hydrogen) atoms. The largest absolute Gasteiger partial charge is 0.487 e. The molecule has 0 spiro atoms. The molecule has 1 amide bonds. The van der Waals surface area contributed by atoms with Crippen LogP contribution in [0.5, 0.6) is 5.75 Å². The van der Waals surface area contributed by atoms with E-state index in [2.05, 4.69) is 10.5 Å². The highest BCUT2D eigenvalue weighted by atomic mass is 35.5. The van der Waals surface area contributed by atoms with E-state index in [-0.39, 0.29) is 11.3 Å². The fourth-order valence-corrected chi connectivity index (χ4v) is 2.68. The lowest BCUT2D eigenvalue weighted by Gasteiger charge is -2.08. The second-order valence-electron chi connectivity index (χ2n) is 5.97. The van der Waals surface area contributed by atoms with Gasteiger partial charge in [-0.25, -0.2) is 5.43 Å². The molecule has 8 heteroatoms. The Hall–Kier alpha value is -3.71. The molecule has 3 aromatic carbocycles. The fourth-order valence-electron chi connectivity index (χ4n) is 2.44. The second-order valence-corrected chi connectivity index (χ2v) is 6.38. The first kappa shape index (κ1) is 20.0. The number of rotatable bonds is 7. The van der Waals surface area contributed by atoms with Gasteiger partial charge in [0.15, 0.2) is 0 Å². The van der Waals surface area contributed by atoms with Gasteiger partial charge in [0, 0.05) is 17.7 Å². The SMILES string of the molecule is O=C(N/N=C/c1ccc(OCc2ccccc2)c(Cl)c1)c1cccc([N+](=O)[O-])c1. The predicted octanol–water partition coefficient (Wildman–Crippen LogP) is 4.59. The van der Waals surface area contributed by atoms with Gasteiger partial charge in [0.05, 0.1) is 16.2 Å². The van der Waals surface area contributed by atoms with Crippen molar-refractivity contribution in [2.75, 3.05) is 0 Å². The summed E-state index contributed by atoms with van der Waals surface area (Å²) in [4.78, 5) is 22.3. The number of carbonyl (C=O) groups is 1. The lowest BCUT2D eigenvalue weighted by molar-refractivity contribution is -0.384. The third kappa shape index (κ3) is 5.63. The van der Waals surface area contributed by atoms with Crippen molar-refractivity contribution in [1.82, 2.24) is 5.43 Å². The van der Waals surface area contributed by atoms with E-state index in [0.29, 0.717) is 22.9 Å². The van der Waals surface area contributed by atoms with E-state index in [0.717, 1.165) is 5.56 Å². The third-order valence-electron chi connectivity index (χ3n) is 3.89. The zero-order valence-corrected chi connectivity index (χ0v) is 15.9. The molecule has 0 aliphatic carbocycles. The molecule has 0 saturated heterocycles. The smallest absolute Gasteiger partial charge is 0.271 e. The monoisotopic (exact) mass is 409 g/mol. The summed E-state index contributed by atoms with van der Waals surface area (Å²) >= 11 is 6.24. The van der Waals surface area contributed by atoms with Gasteiger partial charge in [-0.15, -0.1) is 0 Å². The minimum absolute atomic E-state index is 0.138. The van der Waals surface area contributed by atoms with Gasteiger partial charge < -0.3 is 4.74 Å². The van der Waals surface area contributed by atoms with Crippen molar-refractivity contribution < 1.29 is 14.5 Å². The zero-order chi connectivity index (χ0) is 20.6. The molecule has 0 aliphatic rings. The van der Waals surface area contributed by atoms with Crippen LogP contribution in [0.1, 0.15) is 21.5 Å². The van der Waals surface area contributed by atoms with Crippen LogP contribution in [0.3, 0.4) is 0 Å².